The van der Waals surface area contributed by atoms with E-state index in [4.69, 9.17) is 5.11 Å². The zero-order valence-corrected chi connectivity index (χ0v) is 9.66. The standard InChI is InChI=1S/C11H20N2O3/c1-8(11(15)16)13-10(14)5-4-9-3-2-6-12-7-9/h8-9,12H,2-7H2,1H3,(H,13,14)(H,15,16). The van der Waals surface area contributed by atoms with Gasteiger partial charge in [0.15, 0.2) is 0 Å². The van der Waals surface area contributed by atoms with E-state index in [2.05, 4.69) is 10.6 Å². The average molecular weight is 228 g/mol. The van der Waals surface area contributed by atoms with Crippen molar-refractivity contribution in [3.8, 4) is 0 Å². The van der Waals surface area contributed by atoms with E-state index in [1.807, 2.05) is 0 Å². The molecule has 0 bridgehead atoms. The number of carboxylic acids is 1. The Morgan fingerprint density at radius 3 is 2.88 bits per heavy atom. The molecule has 5 nitrogen and oxygen atoms in total. The van der Waals surface area contributed by atoms with Crippen molar-refractivity contribution in [1.29, 1.82) is 0 Å². The topological polar surface area (TPSA) is 78.4 Å². The lowest BCUT2D eigenvalue weighted by Crippen LogP contribution is -2.38. The van der Waals surface area contributed by atoms with Gasteiger partial charge in [-0.15, -0.1) is 0 Å². The molecule has 0 saturated carbocycles. The van der Waals surface area contributed by atoms with Crippen LogP contribution in [-0.4, -0.2) is 36.1 Å². The number of rotatable bonds is 5. The molecule has 1 saturated heterocycles. The van der Waals surface area contributed by atoms with Gasteiger partial charge in [-0.1, -0.05) is 0 Å². The van der Waals surface area contributed by atoms with E-state index in [0.29, 0.717) is 12.3 Å². The van der Waals surface area contributed by atoms with Gasteiger partial charge >= 0.3 is 5.97 Å². The van der Waals surface area contributed by atoms with E-state index in [0.717, 1.165) is 32.4 Å². The highest BCUT2D eigenvalue weighted by Gasteiger charge is 2.17. The summed E-state index contributed by atoms with van der Waals surface area (Å²) >= 11 is 0. The minimum Gasteiger partial charge on any atom is -0.480 e. The Balaban J connectivity index is 2.16. The summed E-state index contributed by atoms with van der Waals surface area (Å²) in [5.74, 6) is -0.604. The van der Waals surface area contributed by atoms with Crippen molar-refractivity contribution < 1.29 is 14.7 Å². The molecule has 0 spiro atoms. The molecular formula is C11H20N2O3. The number of nitrogens with one attached hydrogen (secondary N) is 2. The fourth-order valence-corrected chi connectivity index (χ4v) is 1.88. The van der Waals surface area contributed by atoms with Crippen LogP contribution in [0.1, 0.15) is 32.6 Å². The van der Waals surface area contributed by atoms with Crippen LogP contribution in [0.4, 0.5) is 0 Å². The van der Waals surface area contributed by atoms with Gasteiger partial charge in [0.2, 0.25) is 5.91 Å². The Bertz CT molecular complexity index is 250. The number of amides is 1. The van der Waals surface area contributed by atoms with Crippen LogP contribution in [0.2, 0.25) is 0 Å². The summed E-state index contributed by atoms with van der Waals surface area (Å²) in [6.07, 6.45) is 3.59. The molecular weight excluding hydrogens is 208 g/mol. The highest BCUT2D eigenvalue weighted by atomic mass is 16.4. The second-order valence-corrected chi connectivity index (χ2v) is 4.38. The number of carboxylic acid groups (broad SMARTS) is 1. The number of piperidine rings is 1. The van der Waals surface area contributed by atoms with Gasteiger partial charge in [0.05, 0.1) is 0 Å². The van der Waals surface area contributed by atoms with E-state index < -0.39 is 12.0 Å². The first-order chi connectivity index (χ1) is 7.59. The average Bonchev–Trinajstić information content (AvgIpc) is 2.27. The lowest BCUT2D eigenvalue weighted by Gasteiger charge is -2.22. The number of carbonyl (C=O) groups is 2. The fraction of sp³-hybridized carbons (Fsp3) is 0.818. The first-order valence-electron chi connectivity index (χ1n) is 5.82. The summed E-state index contributed by atoms with van der Waals surface area (Å²) in [6, 6.07) is -0.794. The third kappa shape index (κ3) is 4.61. The maximum Gasteiger partial charge on any atom is 0.325 e. The molecule has 2 unspecified atom stereocenters. The third-order valence-corrected chi connectivity index (χ3v) is 2.93. The van der Waals surface area contributed by atoms with Gasteiger partial charge in [-0.2, -0.15) is 0 Å². The SMILES string of the molecule is CC(NC(=O)CCC1CCCNC1)C(=O)O. The first-order valence-corrected chi connectivity index (χ1v) is 5.82. The predicted octanol–water partition coefficient (Wildman–Crippen LogP) is 0.356. The summed E-state index contributed by atoms with van der Waals surface area (Å²) in [4.78, 5) is 21.9. The first kappa shape index (κ1) is 13.0. The maximum absolute atomic E-state index is 11.4. The number of aliphatic carboxylic acids is 1. The molecule has 5 heteroatoms. The van der Waals surface area contributed by atoms with E-state index in [1.54, 1.807) is 0 Å². The second-order valence-electron chi connectivity index (χ2n) is 4.38. The van der Waals surface area contributed by atoms with E-state index >= 15 is 0 Å². The largest absolute Gasteiger partial charge is 0.480 e. The summed E-state index contributed by atoms with van der Waals surface area (Å²) in [5.41, 5.74) is 0. The zero-order valence-electron chi connectivity index (χ0n) is 9.66. The van der Waals surface area contributed by atoms with Gasteiger partial charge in [0.1, 0.15) is 6.04 Å². The van der Waals surface area contributed by atoms with Crippen molar-refractivity contribution in [2.45, 2.75) is 38.6 Å². The van der Waals surface area contributed by atoms with E-state index in [9.17, 15) is 9.59 Å². The minimum atomic E-state index is -0.993. The Morgan fingerprint density at radius 1 is 1.56 bits per heavy atom. The zero-order chi connectivity index (χ0) is 12.0. The van der Waals surface area contributed by atoms with Crippen LogP contribution in [-0.2, 0) is 9.59 Å². The van der Waals surface area contributed by atoms with Crippen LogP contribution < -0.4 is 10.6 Å². The molecule has 1 aliphatic rings. The molecule has 1 heterocycles. The maximum atomic E-state index is 11.4. The minimum absolute atomic E-state index is 0.166. The smallest absolute Gasteiger partial charge is 0.325 e. The summed E-state index contributed by atoms with van der Waals surface area (Å²) < 4.78 is 0. The van der Waals surface area contributed by atoms with Gasteiger partial charge in [-0.3, -0.25) is 9.59 Å². The van der Waals surface area contributed by atoms with Gasteiger partial charge in [0, 0.05) is 6.42 Å². The van der Waals surface area contributed by atoms with Crippen LogP contribution >= 0.6 is 0 Å². The van der Waals surface area contributed by atoms with Crippen molar-refractivity contribution in [1.82, 2.24) is 10.6 Å². The van der Waals surface area contributed by atoms with Crippen LogP contribution in [0.3, 0.4) is 0 Å². The van der Waals surface area contributed by atoms with E-state index in [-0.39, 0.29) is 5.91 Å². The molecule has 0 radical (unpaired) electrons. The molecule has 1 rings (SSSR count). The molecule has 92 valence electrons. The van der Waals surface area contributed by atoms with Crippen molar-refractivity contribution in [3.05, 3.63) is 0 Å². The van der Waals surface area contributed by atoms with E-state index in [1.165, 1.54) is 6.92 Å². The Hall–Kier alpha value is -1.10. The Labute approximate surface area is 95.6 Å². The number of hydrogen-bond donors (Lipinski definition) is 3. The van der Waals surface area contributed by atoms with Crippen molar-refractivity contribution in [3.63, 3.8) is 0 Å². The Kier molecular flexibility index (Phi) is 5.25. The third-order valence-electron chi connectivity index (χ3n) is 2.93. The molecule has 1 aliphatic heterocycles. The molecule has 3 N–H and O–H groups in total. The highest BCUT2D eigenvalue weighted by Crippen LogP contribution is 2.15. The molecule has 2 atom stereocenters. The molecule has 1 fully saturated rings. The Morgan fingerprint density at radius 2 is 2.31 bits per heavy atom. The molecule has 0 aromatic heterocycles. The summed E-state index contributed by atoms with van der Waals surface area (Å²) in [6.45, 7) is 3.52. The van der Waals surface area contributed by atoms with Gasteiger partial charge in [0.25, 0.3) is 0 Å². The molecule has 16 heavy (non-hydrogen) atoms. The van der Waals surface area contributed by atoms with Crippen molar-refractivity contribution in [2.75, 3.05) is 13.1 Å². The van der Waals surface area contributed by atoms with Crippen LogP contribution in [0.15, 0.2) is 0 Å². The van der Waals surface area contributed by atoms with Gasteiger partial charge in [-0.05, 0) is 45.2 Å². The monoisotopic (exact) mass is 228 g/mol. The normalized spacial score (nSPS) is 22.4. The second kappa shape index (κ2) is 6.48. The summed E-state index contributed by atoms with van der Waals surface area (Å²) in [7, 11) is 0. The molecule has 0 aliphatic carbocycles. The van der Waals surface area contributed by atoms with Crippen LogP contribution in [0, 0.1) is 5.92 Å². The lowest BCUT2D eigenvalue weighted by atomic mass is 9.94. The molecule has 1 amide bonds. The lowest BCUT2D eigenvalue weighted by molar-refractivity contribution is -0.141. The quantitative estimate of drug-likeness (QED) is 0.634. The van der Waals surface area contributed by atoms with Gasteiger partial charge in [-0.25, -0.2) is 0 Å². The number of carbonyl (C=O) groups excluding carboxylic acids is 1. The van der Waals surface area contributed by atoms with Crippen LogP contribution in [0.25, 0.3) is 0 Å². The predicted molar refractivity (Wildman–Crippen MR) is 60.1 cm³/mol. The van der Waals surface area contributed by atoms with Crippen molar-refractivity contribution >= 4 is 11.9 Å². The fourth-order valence-electron chi connectivity index (χ4n) is 1.88. The summed E-state index contributed by atoms with van der Waals surface area (Å²) in [5, 5.41) is 14.4. The molecule has 0 aromatic rings. The van der Waals surface area contributed by atoms with Crippen LogP contribution in [0.5, 0.6) is 0 Å². The van der Waals surface area contributed by atoms with Gasteiger partial charge < -0.3 is 15.7 Å². The van der Waals surface area contributed by atoms with Crippen molar-refractivity contribution in [2.24, 2.45) is 5.92 Å². The highest BCUT2D eigenvalue weighted by molar-refractivity contribution is 5.83. The molecule has 0 aromatic carbocycles. The number of hydrogen-bond acceptors (Lipinski definition) is 3.